The quantitative estimate of drug-likeness (QED) is 0.794. The van der Waals surface area contributed by atoms with Gasteiger partial charge in [-0.2, -0.15) is 0 Å². The van der Waals surface area contributed by atoms with E-state index in [0.717, 1.165) is 32.5 Å². The molecular formula is C18H26N2O2. The lowest BCUT2D eigenvalue weighted by molar-refractivity contribution is 0.0172. The van der Waals surface area contributed by atoms with Crippen LogP contribution < -0.4 is 5.32 Å². The monoisotopic (exact) mass is 302 g/mol. The van der Waals surface area contributed by atoms with E-state index in [1.54, 1.807) is 0 Å². The molecule has 1 aromatic carbocycles. The topological polar surface area (TPSA) is 41.6 Å². The maximum atomic E-state index is 12.2. The molecule has 0 aromatic heterocycles. The fourth-order valence-corrected chi connectivity index (χ4v) is 3.50. The van der Waals surface area contributed by atoms with Crippen molar-refractivity contribution in [3.8, 4) is 0 Å². The van der Waals surface area contributed by atoms with Crippen molar-refractivity contribution in [3.05, 3.63) is 29.3 Å². The molecule has 4 nitrogen and oxygen atoms in total. The van der Waals surface area contributed by atoms with Gasteiger partial charge in [-0.1, -0.05) is 17.7 Å². The van der Waals surface area contributed by atoms with Crippen LogP contribution in [-0.2, 0) is 10.2 Å². The van der Waals surface area contributed by atoms with Crippen LogP contribution in [0.3, 0.4) is 0 Å². The van der Waals surface area contributed by atoms with Crippen molar-refractivity contribution in [1.82, 2.24) is 4.90 Å². The highest BCUT2D eigenvalue weighted by molar-refractivity contribution is 5.69. The van der Waals surface area contributed by atoms with Crippen LogP contribution in [0.15, 0.2) is 18.2 Å². The zero-order valence-electron chi connectivity index (χ0n) is 14.0. The maximum Gasteiger partial charge on any atom is 0.410 e. The van der Waals surface area contributed by atoms with Gasteiger partial charge in [-0.15, -0.1) is 0 Å². The van der Waals surface area contributed by atoms with Gasteiger partial charge in [0.25, 0.3) is 0 Å². The maximum absolute atomic E-state index is 12.2. The molecule has 0 radical (unpaired) electrons. The van der Waals surface area contributed by atoms with Crippen molar-refractivity contribution in [2.75, 3.05) is 25.0 Å². The second-order valence-electron chi connectivity index (χ2n) is 7.65. The summed E-state index contributed by atoms with van der Waals surface area (Å²) in [6, 6.07) is 6.64. The van der Waals surface area contributed by atoms with Gasteiger partial charge in [0.05, 0.1) is 0 Å². The Balaban J connectivity index is 1.71. The number of nitrogens with zero attached hydrogens (tertiary/aromatic N) is 1. The molecule has 0 bridgehead atoms. The summed E-state index contributed by atoms with van der Waals surface area (Å²) in [6.45, 7) is 10.4. The molecule has 1 aromatic rings. The van der Waals surface area contributed by atoms with Crippen molar-refractivity contribution in [3.63, 3.8) is 0 Å². The molecule has 0 saturated carbocycles. The molecule has 1 spiro atoms. The summed E-state index contributed by atoms with van der Waals surface area (Å²) in [6.07, 6.45) is 1.81. The van der Waals surface area contributed by atoms with Gasteiger partial charge < -0.3 is 15.0 Å². The summed E-state index contributed by atoms with van der Waals surface area (Å²) >= 11 is 0. The molecule has 1 saturated heterocycles. The minimum atomic E-state index is -0.426. The fourth-order valence-electron chi connectivity index (χ4n) is 3.50. The number of likely N-dealkylation sites (tertiary alicyclic amines) is 1. The smallest absolute Gasteiger partial charge is 0.410 e. The lowest BCUT2D eigenvalue weighted by Gasteiger charge is -2.39. The second kappa shape index (κ2) is 5.18. The van der Waals surface area contributed by atoms with E-state index in [2.05, 4.69) is 30.4 Å². The van der Waals surface area contributed by atoms with Crippen LogP contribution in [0.2, 0.25) is 0 Å². The standard InChI is InChI=1S/C18H26N2O2/c1-13-5-6-15-14(11-13)18(12-19-15)7-9-20(10-8-18)16(21)22-17(2,3)4/h5-6,11,19H,7-10,12H2,1-4H3. The van der Waals surface area contributed by atoms with Gasteiger partial charge in [0.2, 0.25) is 0 Å². The Hall–Kier alpha value is -1.71. The minimum absolute atomic E-state index is 0.180. The number of carbonyl (C=O) groups excluding carboxylic acids is 1. The Morgan fingerprint density at radius 1 is 1.27 bits per heavy atom. The predicted molar refractivity (Wildman–Crippen MR) is 88.4 cm³/mol. The molecule has 0 aliphatic carbocycles. The van der Waals surface area contributed by atoms with Gasteiger partial charge in [-0.05, 0) is 52.2 Å². The van der Waals surface area contributed by atoms with Gasteiger partial charge in [0.1, 0.15) is 5.60 Å². The largest absolute Gasteiger partial charge is 0.444 e. The highest BCUT2D eigenvalue weighted by Crippen LogP contribution is 2.44. The third kappa shape index (κ3) is 2.79. The van der Waals surface area contributed by atoms with E-state index in [9.17, 15) is 4.79 Å². The number of anilines is 1. The van der Waals surface area contributed by atoms with Crippen LogP contribution in [0.1, 0.15) is 44.7 Å². The SMILES string of the molecule is Cc1ccc2c(c1)C1(CCN(C(=O)OC(C)(C)C)CC1)CN2. The number of fused-ring (bicyclic) bond motifs is 2. The first-order valence-electron chi connectivity index (χ1n) is 8.12. The normalized spacial score (nSPS) is 19.7. The third-order valence-corrected chi connectivity index (χ3v) is 4.74. The van der Waals surface area contributed by atoms with Gasteiger partial charge in [0.15, 0.2) is 0 Å². The van der Waals surface area contributed by atoms with Crippen LogP contribution in [0.5, 0.6) is 0 Å². The summed E-state index contributed by atoms with van der Waals surface area (Å²) in [5, 5.41) is 3.54. The van der Waals surface area contributed by atoms with Gasteiger partial charge in [0, 0.05) is 30.7 Å². The fraction of sp³-hybridized carbons (Fsp3) is 0.611. The van der Waals surface area contributed by atoms with Gasteiger partial charge >= 0.3 is 6.09 Å². The van der Waals surface area contributed by atoms with Crippen LogP contribution >= 0.6 is 0 Å². The number of ether oxygens (including phenoxy) is 1. The summed E-state index contributed by atoms with van der Waals surface area (Å²) in [5.41, 5.74) is 3.74. The van der Waals surface area contributed by atoms with Gasteiger partial charge in [-0.25, -0.2) is 4.79 Å². The van der Waals surface area contributed by atoms with E-state index in [4.69, 9.17) is 4.74 Å². The summed E-state index contributed by atoms with van der Waals surface area (Å²) in [7, 11) is 0. The number of hydrogen-bond acceptors (Lipinski definition) is 3. The molecule has 1 fully saturated rings. The molecule has 1 amide bonds. The number of aryl methyl sites for hydroxylation is 1. The predicted octanol–water partition coefficient (Wildman–Crippen LogP) is 3.69. The highest BCUT2D eigenvalue weighted by Gasteiger charge is 2.42. The number of rotatable bonds is 0. The molecule has 4 heteroatoms. The zero-order chi connectivity index (χ0) is 16.0. The highest BCUT2D eigenvalue weighted by atomic mass is 16.6. The molecule has 2 aliphatic rings. The van der Waals surface area contributed by atoms with Crippen molar-refractivity contribution < 1.29 is 9.53 Å². The number of benzene rings is 1. The number of nitrogens with one attached hydrogen (secondary N) is 1. The lowest BCUT2D eigenvalue weighted by Crippen LogP contribution is -2.47. The number of amides is 1. The summed E-state index contributed by atoms with van der Waals surface area (Å²) in [5.74, 6) is 0. The third-order valence-electron chi connectivity index (χ3n) is 4.74. The molecule has 1 N–H and O–H groups in total. The van der Waals surface area contributed by atoms with E-state index in [1.165, 1.54) is 16.8 Å². The zero-order valence-corrected chi connectivity index (χ0v) is 14.0. The molecule has 0 atom stereocenters. The van der Waals surface area contributed by atoms with Crippen LogP contribution in [0.25, 0.3) is 0 Å². The lowest BCUT2D eigenvalue weighted by atomic mass is 9.74. The molecule has 22 heavy (non-hydrogen) atoms. The second-order valence-corrected chi connectivity index (χ2v) is 7.65. The van der Waals surface area contributed by atoms with Crippen LogP contribution in [0, 0.1) is 6.92 Å². The minimum Gasteiger partial charge on any atom is -0.444 e. The Kier molecular flexibility index (Phi) is 3.58. The Bertz CT molecular complexity index is 581. The first kappa shape index (κ1) is 15.2. The van der Waals surface area contributed by atoms with Crippen molar-refractivity contribution in [1.29, 1.82) is 0 Å². The van der Waals surface area contributed by atoms with Crippen molar-refractivity contribution in [2.45, 2.75) is 51.6 Å². The van der Waals surface area contributed by atoms with E-state index in [0.29, 0.717) is 0 Å². The number of piperidine rings is 1. The Labute approximate surface area is 132 Å². The van der Waals surface area contributed by atoms with Crippen LogP contribution in [0.4, 0.5) is 10.5 Å². The number of hydrogen-bond donors (Lipinski definition) is 1. The molecule has 2 heterocycles. The van der Waals surface area contributed by atoms with E-state index < -0.39 is 5.60 Å². The molecule has 3 rings (SSSR count). The molecule has 120 valence electrons. The van der Waals surface area contributed by atoms with E-state index in [1.807, 2.05) is 25.7 Å². The molecular weight excluding hydrogens is 276 g/mol. The summed E-state index contributed by atoms with van der Waals surface area (Å²) in [4.78, 5) is 14.1. The van der Waals surface area contributed by atoms with Gasteiger partial charge in [-0.3, -0.25) is 0 Å². The first-order chi connectivity index (χ1) is 10.3. The Morgan fingerprint density at radius 3 is 2.59 bits per heavy atom. The molecule has 0 unspecified atom stereocenters. The van der Waals surface area contributed by atoms with Crippen molar-refractivity contribution >= 4 is 11.8 Å². The van der Waals surface area contributed by atoms with E-state index >= 15 is 0 Å². The number of carbonyl (C=O) groups is 1. The average molecular weight is 302 g/mol. The summed E-state index contributed by atoms with van der Waals surface area (Å²) < 4.78 is 5.49. The van der Waals surface area contributed by atoms with E-state index in [-0.39, 0.29) is 11.5 Å². The van der Waals surface area contributed by atoms with Crippen molar-refractivity contribution in [2.24, 2.45) is 0 Å². The average Bonchev–Trinajstić information content (AvgIpc) is 2.76. The molecule has 2 aliphatic heterocycles. The van der Waals surface area contributed by atoms with Crippen LogP contribution in [-0.4, -0.2) is 36.2 Å². The first-order valence-corrected chi connectivity index (χ1v) is 8.12. The Morgan fingerprint density at radius 2 is 1.95 bits per heavy atom.